The summed E-state index contributed by atoms with van der Waals surface area (Å²) in [5, 5.41) is 14.0. The third-order valence-electron chi connectivity index (χ3n) is 2.49. The average molecular weight is 331 g/mol. The monoisotopic (exact) mass is 330 g/mol. The molecule has 0 aromatic heterocycles. The number of nitrogens with one attached hydrogen (secondary N) is 1. The van der Waals surface area contributed by atoms with Crippen molar-refractivity contribution in [2.24, 2.45) is 0 Å². The summed E-state index contributed by atoms with van der Waals surface area (Å²) in [6.45, 7) is 5.42. The first kappa shape index (κ1) is 15.9. The number of rotatable bonds is 8. The zero-order chi connectivity index (χ0) is 14.3. The summed E-state index contributed by atoms with van der Waals surface area (Å²) in [5.74, 6) is 0. The van der Waals surface area contributed by atoms with Crippen molar-refractivity contribution in [2.45, 2.75) is 32.8 Å². The number of ether oxygens (including phenoxy) is 1. The van der Waals surface area contributed by atoms with E-state index in [2.05, 4.69) is 21.2 Å². The summed E-state index contributed by atoms with van der Waals surface area (Å²) in [4.78, 5) is 10.5. The Balaban J connectivity index is 2.40. The maximum atomic E-state index is 10.9. The normalized spacial score (nSPS) is 10.7. The molecular weight excluding hydrogens is 312 g/mol. The van der Waals surface area contributed by atoms with Crippen LogP contribution in [-0.2, 0) is 4.74 Å². The Labute approximate surface area is 121 Å². The summed E-state index contributed by atoms with van der Waals surface area (Å²) >= 11 is 3.31. The van der Waals surface area contributed by atoms with Gasteiger partial charge in [0, 0.05) is 23.7 Å². The van der Waals surface area contributed by atoms with E-state index in [1.807, 2.05) is 13.8 Å². The molecule has 5 nitrogen and oxygen atoms in total. The van der Waals surface area contributed by atoms with Crippen LogP contribution in [0.1, 0.15) is 26.7 Å². The van der Waals surface area contributed by atoms with E-state index in [1.54, 1.807) is 12.1 Å². The topological polar surface area (TPSA) is 64.4 Å². The van der Waals surface area contributed by atoms with Crippen molar-refractivity contribution >= 4 is 27.3 Å². The lowest BCUT2D eigenvalue weighted by Crippen LogP contribution is -2.08. The lowest BCUT2D eigenvalue weighted by Gasteiger charge is -2.09. The van der Waals surface area contributed by atoms with Crippen molar-refractivity contribution in [1.82, 2.24) is 0 Å². The fourth-order valence-electron chi connectivity index (χ4n) is 1.58. The first-order valence-electron chi connectivity index (χ1n) is 6.30. The summed E-state index contributed by atoms with van der Waals surface area (Å²) < 4.78 is 6.25. The van der Waals surface area contributed by atoms with Crippen LogP contribution in [0.15, 0.2) is 22.7 Å². The van der Waals surface area contributed by atoms with E-state index >= 15 is 0 Å². The number of anilines is 1. The molecule has 0 amide bonds. The molecule has 0 unspecified atom stereocenters. The molecule has 0 fully saturated rings. The molecule has 1 rings (SSSR count). The number of nitro benzene ring substituents is 1. The van der Waals surface area contributed by atoms with Gasteiger partial charge in [-0.2, -0.15) is 0 Å². The Morgan fingerprint density at radius 1 is 1.42 bits per heavy atom. The van der Waals surface area contributed by atoms with Crippen LogP contribution in [0.4, 0.5) is 11.4 Å². The third-order valence-corrected chi connectivity index (χ3v) is 2.99. The molecule has 0 radical (unpaired) electrons. The van der Waals surface area contributed by atoms with Crippen LogP contribution < -0.4 is 5.32 Å². The molecule has 0 aliphatic rings. The van der Waals surface area contributed by atoms with E-state index in [0.717, 1.165) is 23.9 Å². The van der Waals surface area contributed by atoms with Crippen molar-refractivity contribution in [2.75, 3.05) is 18.5 Å². The maximum absolute atomic E-state index is 10.9. The van der Waals surface area contributed by atoms with Gasteiger partial charge in [-0.1, -0.05) is 15.9 Å². The predicted molar refractivity (Wildman–Crippen MR) is 79.6 cm³/mol. The van der Waals surface area contributed by atoms with Gasteiger partial charge in [0.1, 0.15) is 5.69 Å². The predicted octanol–water partition coefficient (Wildman–Crippen LogP) is 3.97. The second-order valence-corrected chi connectivity index (χ2v) is 5.39. The molecule has 0 saturated heterocycles. The van der Waals surface area contributed by atoms with Gasteiger partial charge in [0.05, 0.1) is 11.0 Å². The second-order valence-electron chi connectivity index (χ2n) is 4.47. The van der Waals surface area contributed by atoms with E-state index in [4.69, 9.17) is 4.74 Å². The number of benzene rings is 1. The zero-order valence-corrected chi connectivity index (χ0v) is 12.8. The van der Waals surface area contributed by atoms with Crippen LogP contribution >= 0.6 is 15.9 Å². The van der Waals surface area contributed by atoms with Gasteiger partial charge >= 0.3 is 0 Å². The smallest absolute Gasteiger partial charge is 0.292 e. The minimum Gasteiger partial charge on any atom is -0.379 e. The number of hydrogen-bond acceptors (Lipinski definition) is 4. The number of nitro groups is 1. The van der Waals surface area contributed by atoms with Gasteiger partial charge < -0.3 is 10.1 Å². The van der Waals surface area contributed by atoms with Gasteiger partial charge in [-0.05, 0) is 38.8 Å². The van der Waals surface area contributed by atoms with Gasteiger partial charge in [0.25, 0.3) is 5.69 Å². The highest BCUT2D eigenvalue weighted by molar-refractivity contribution is 9.10. The SMILES string of the molecule is CC(C)OCCCCNc1cc(Br)ccc1[N+](=O)[O-]. The number of nitrogens with zero attached hydrogens (tertiary/aromatic N) is 1. The summed E-state index contributed by atoms with van der Waals surface area (Å²) in [6.07, 6.45) is 2.10. The molecule has 0 saturated carbocycles. The molecule has 0 heterocycles. The van der Waals surface area contributed by atoms with Gasteiger partial charge in [-0.3, -0.25) is 10.1 Å². The van der Waals surface area contributed by atoms with E-state index in [-0.39, 0.29) is 16.7 Å². The number of halogens is 1. The highest BCUT2D eigenvalue weighted by atomic mass is 79.9. The van der Waals surface area contributed by atoms with E-state index in [1.165, 1.54) is 6.07 Å². The largest absolute Gasteiger partial charge is 0.379 e. The lowest BCUT2D eigenvalue weighted by atomic mass is 10.2. The molecule has 1 aromatic rings. The Morgan fingerprint density at radius 3 is 2.79 bits per heavy atom. The summed E-state index contributed by atoms with van der Waals surface area (Å²) in [7, 11) is 0. The maximum Gasteiger partial charge on any atom is 0.292 e. The van der Waals surface area contributed by atoms with Crippen molar-refractivity contribution in [3.05, 3.63) is 32.8 Å². The highest BCUT2D eigenvalue weighted by Gasteiger charge is 2.12. The van der Waals surface area contributed by atoms with Crippen LogP contribution in [0.5, 0.6) is 0 Å². The quantitative estimate of drug-likeness (QED) is 0.445. The Hall–Kier alpha value is -1.14. The Bertz CT molecular complexity index is 424. The summed E-state index contributed by atoms with van der Waals surface area (Å²) in [6, 6.07) is 4.89. The van der Waals surface area contributed by atoms with Crippen LogP contribution in [0.25, 0.3) is 0 Å². The molecule has 0 spiro atoms. The highest BCUT2D eigenvalue weighted by Crippen LogP contribution is 2.27. The van der Waals surface area contributed by atoms with Gasteiger partial charge in [0.15, 0.2) is 0 Å². The van der Waals surface area contributed by atoms with E-state index < -0.39 is 0 Å². The van der Waals surface area contributed by atoms with E-state index in [0.29, 0.717) is 12.2 Å². The minimum absolute atomic E-state index is 0.0987. The third kappa shape index (κ3) is 6.02. The number of hydrogen-bond donors (Lipinski definition) is 1. The van der Waals surface area contributed by atoms with Crippen molar-refractivity contribution < 1.29 is 9.66 Å². The molecule has 0 atom stereocenters. The molecule has 1 N–H and O–H groups in total. The summed E-state index contributed by atoms with van der Waals surface area (Å²) in [5.41, 5.74) is 0.644. The zero-order valence-electron chi connectivity index (χ0n) is 11.2. The Kier molecular flexibility index (Phi) is 6.80. The van der Waals surface area contributed by atoms with Crippen LogP contribution in [0, 0.1) is 10.1 Å². The van der Waals surface area contributed by atoms with E-state index in [9.17, 15) is 10.1 Å². The van der Waals surface area contributed by atoms with Crippen molar-refractivity contribution in [3.8, 4) is 0 Å². The molecule has 106 valence electrons. The van der Waals surface area contributed by atoms with Crippen molar-refractivity contribution in [3.63, 3.8) is 0 Å². The van der Waals surface area contributed by atoms with Crippen LogP contribution in [0.3, 0.4) is 0 Å². The molecule has 6 heteroatoms. The minimum atomic E-state index is -0.378. The molecule has 0 aliphatic carbocycles. The van der Waals surface area contributed by atoms with Gasteiger partial charge in [-0.25, -0.2) is 0 Å². The van der Waals surface area contributed by atoms with Crippen molar-refractivity contribution in [1.29, 1.82) is 0 Å². The molecule has 0 aliphatic heterocycles. The fraction of sp³-hybridized carbons (Fsp3) is 0.538. The molecule has 19 heavy (non-hydrogen) atoms. The Morgan fingerprint density at radius 2 is 2.16 bits per heavy atom. The first-order valence-corrected chi connectivity index (χ1v) is 7.09. The van der Waals surface area contributed by atoms with Crippen LogP contribution in [-0.4, -0.2) is 24.2 Å². The van der Waals surface area contributed by atoms with Crippen LogP contribution in [0.2, 0.25) is 0 Å². The average Bonchev–Trinajstić information content (AvgIpc) is 2.33. The molecule has 0 bridgehead atoms. The molecular formula is C13H19BrN2O3. The second kappa shape index (κ2) is 8.12. The van der Waals surface area contributed by atoms with Gasteiger partial charge in [0.2, 0.25) is 0 Å². The molecule has 1 aromatic carbocycles. The lowest BCUT2D eigenvalue weighted by molar-refractivity contribution is -0.384. The number of unbranched alkanes of at least 4 members (excludes halogenated alkanes) is 1. The van der Waals surface area contributed by atoms with Gasteiger partial charge in [-0.15, -0.1) is 0 Å². The standard InChI is InChI=1S/C13H19BrN2O3/c1-10(2)19-8-4-3-7-15-12-9-11(14)5-6-13(12)16(17)18/h5-6,9-10,15H,3-4,7-8H2,1-2H3. The fourth-order valence-corrected chi connectivity index (χ4v) is 1.94. The first-order chi connectivity index (χ1) is 9.00.